The lowest BCUT2D eigenvalue weighted by molar-refractivity contribution is 0.0689. The van der Waals surface area contributed by atoms with Crippen LogP contribution < -0.4 is 5.32 Å². The van der Waals surface area contributed by atoms with Crippen LogP contribution in [-0.2, 0) is 6.54 Å². The van der Waals surface area contributed by atoms with Crippen molar-refractivity contribution >= 4 is 23.1 Å². The minimum Gasteiger partial charge on any atom is -0.476 e. The summed E-state index contributed by atoms with van der Waals surface area (Å²) in [6.45, 7) is 4.84. The Labute approximate surface area is 109 Å². The van der Waals surface area contributed by atoms with Gasteiger partial charge in [-0.15, -0.1) is 21.5 Å². The van der Waals surface area contributed by atoms with Crippen LogP contribution in [0.5, 0.6) is 0 Å². The Hall–Kier alpha value is -1.95. The first-order chi connectivity index (χ1) is 8.56. The molecule has 0 saturated heterocycles. The predicted molar refractivity (Wildman–Crippen MR) is 70.1 cm³/mol. The molecule has 0 aliphatic rings. The van der Waals surface area contributed by atoms with E-state index in [1.807, 2.05) is 0 Å². The summed E-state index contributed by atoms with van der Waals surface area (Å²) in [6.07, 6.45) is 0. The highest BCUT2D eigenvalue weighted by Crippen LogP contribution is 2.21. The van der Waals surface area contributed by atoms with Crippen LogP contribution in [0.4, 0.5) is 5.82 Å². The third-order valence-corrected chi connectivity index (χ3v) is 3.70. The largest absolute Gasteiger partial charge is 0.476 e. The first-order valence-electron chi connectivity index (χ1n) is 5.43. The fourth-order valence-electron chi connectivity index (χ4n) is 1.46. The molecule has 18 heavy (non-hydrogen) atoms. The van der Waals surface area contributed by atoms with Crippen molar-refractivity contribution in [1.29, 1.82) is 0 Å². The van der Waals surface area contributed by atoms with Crippen molar-refractivity contribution in [3.63, 3.8) is 0 Å². The SMILES string of the molecule is Cc1cc(CNc2ccc(C(=O)O)nn2)sc1C. The van der Waals surface area contributed by atoms with Crippen molar-refractivity contribution in [2.45, 2.75) is 20.4 Å². The molecule has 6 heteroatoms. The maximum atomic E-state index is 10.6. The first-order valence-corrected chi connectivity index (χ1v) is 6.24. The molecule has 0 unspecified atom stereocenters. The van der Waals surface area contributed by atoms with Gasteiger partial charge >= 0.3 is 5.97 Å². The number of carbonyl (C=O) groups is 1. The van der Waals surface area contributed by atoms with Crippen molar-refractivity contribution in [1.82, 2.24) is 10.2 Å². The second-order valence-corrected chi connectivity index (χ2v) is 5.26. The molecular formula is C12H13N3O2S. The fourth-order valence-corrected chi connectivity index (χ4v) is 2.45. The summed E-state index contributed by atoms with van der Waals surface area (Å²) in [5.74, 6) is -0.498. The number of aryl methyl sites for hydroxylation is 2. The van der Waals surface area contributed by atoms with Crippen LogP contribution in [0.2, 0.25) is 0 Å². The van der Waals surface area contributed by atoms with Gasteiger partial charge in [0.2, 0.25) is 0 Å². The van der Waals surface area contributed by atoms with Crippen molar-refractivity contribution in [3.05, 3.63) is 39.2 Å². The van der Waals surface area contributed by atoms with Crippen LogP contribution in [0.15, 0.2) is 18.2 Å². The van der Waals surface area contributed by atoms with Crippen LogP contribution in [0.3, 0.4) is 0 Å². The number of anilines is 1. The quantitative estimate of drug-likeness (QED) is 0.886. The summed E-state index contributed by atoms with van der Waals surface area (Å²) < 4.78 is 0. The molecule has 0 bridgehead atoms. The number of nitrogens with one attached hydrogen (secondary N) is 1. The summed E-state index contributed by atoms with van der Waals surface area (Å²) in [5, 5.41) is 19.2. The topological polar surface area (TPSA) is 75.1 Å². The molecule has 2 aromatic heterocycles. The average Bonchev–Trinajstić information content (AvgIpc) is 2.67. The Bertz CT molecular complexity index is 544. The Balaban J connectivity index is 2.00. The molecule has 0 spiro atoms. The van der Waals surface area contributed by atoms with Gasteiger partial charge in [-0.3, -0.25) is 0 Å². The molecule has 2 rings (SSSR count). The van der Waals surface area contributed by atoms with E-state index < -0.39 is 5.97 Å². The molecule has 94 valence electrons. The molecular weight excluding hydrogens is 250 g/mol. The molecule has 0 saturated carbocycles. The molecule has 0 aliphatic heterocycles. The minimum absolute atomic E-state index is 0.0524. The van der Waals surface area contributed by atoms with E-state index in [1.54, 1.807) is 17.4 Å². The summed E-state index contributed by atoms with van der Waals surface area (Å²) in [6, 6.07) is 5.18. The number of thiophene rings is 1. The van der Waals surface area contributed by atoms with E-state index in [1.165, 1.54) is 21.4 Å². The zero-order valence-electron chi connectivity index (χ0n) is 10.1. The lowest BCUT2D eigenvalue weighted by Gasteiger charge is -2.02. The zero-order chi connectivity index (χ0) is 13.1. The Morgan fingerprint density at radius 2 is 2.17 bits per heavy atom. The fraction of sp³-hybridized carbons (Fsp3) is 0.250. The standard InChI is InChI=1S/C12H13N3O2S/c1-7-5-9(18-8(7)2)6-13-11-4-3-10(12(16)17)14-15-11/h3-5H,6H2,1-2H3,(H,13,15)(H,16,17). The highest BCUT2D eigenvalue weighted by atomic mass is 32.1. The molecule has 2 aromatic rings. The van der Waals surface area contributed by atoms with E-state index in [9.17, 15) is 4.79 Å². The molecule has 0 atom stereocenters. The summed E-state index contributed by atoms with van der Waals surface area (Å²) in [4.78, 5) is 13.1. The van der Waals surface area contributed by atoms with Crippen LogP contribution in [0, 0.1) is 13.8 Å². The molecule has 0 aliphatic carbocycles. The van der Waals surface area contributed by atoms with Gasteiger partial charge < -0.3 is 10.4 Å². The third kappa shape index (κ3) is 2.84. The van der Waals surface area contributed by atoms with E-state index in [2.05, 4.69) is 35.4 Å². The Morgan fingerprint density at radius 1 is 1.39 bits per heavy atom. The maximum Gasteiger partial charge on any atom is 0.356 e. The van der Waals surface area contributed by atoms with Crippen LogP contribution >= 0.6 is 11.3 Å². The normalized spacial score (nSPS) is 10.3. The van der Waals surface area contributed by atoms with Gasteiger partial charge in [0.05, 0.1) is 6.54 Å². The van der Waals surface area contributed by atoms with E-state index >= 15 is 0 Å². The van der Waals surface area contributed by atoms with E-state index in [0.717, 1.165) is 0 Å². The van der Waals surface area contributed by atoms with Gasteiger partial charge in [-0.05, 0) is 37.6 Å². The second kappa shape index (κ2) is 5.14. The summed E-state index contributed by atoms with van der Waals surface area (Å²) in [5.41, 5.74) is 1.23. The maximum absolute atomic E-state index is 10.6. The number of aromatic carboxylic acids is 1. The van der Waals surface area contributed by atoms with Crippen molar-refractivity contribution in [2.24, 2.45) is 0 Å². The zero-order valence-corrected chi connectivity index (χ0v) is 10.9. The van der Waals surface area contributed by atoms with Gasteiger partial charge in [0.1, 0.15) is 5.82 Å². The number of hydrogen-bond donors (Lipinski definition) is 2. The van der Waals surface area contributed by atoms with Crippen LogP contribution in [0.1, 0.15) is 25.8 Å². The predicted octanol–water partition coefficient (Wildman–Crippen LogP) is 2.47. The van der Waals surface area contributed by atoms with E-state index in [4.69, 9.17) is 5.11 Å². The molecule has 5 nitrogen and oxygen atoms in total. The number of aromatic nitrogens is 2. The average molecular weight is 263 g/mol. The molecule has 0 amide bonds. The second-order valence-electron chi connectivity index (χ2n) is 3.91. The molecule has 0 aromatic carbocycles. The van der Waals surface area contributed by atoms with Crippen molar-refractivity contribution in [3.8, 4) is 0 Å². The molecule has 0 radical (unpaired) electrons. The van der Waals surface area contributed by atoms with Gasteiger partial charge in [0, 0.05) is 9.75 Å². The van der Waals surface area contributed by atoms with Crippen molar-refractivity contribution < 1.29 is 9.90 Å². The summed E-state index contributed by atoms with van der Waals surface area (Å²) >= 11 is 1.74. The summed E-state index contributed by atoms with van der Waals surface area (Å²) in [7, 11) is 0. The van der Waals surface area contributed by atoms with Crippen LogP contribution in [0.25, 0.3) is 0 Å². The Morgan fingerprint density at radius 3 is 2.67 bits per heavy atom. The van der Waals surface area contributed by atoms with Gasteiger partial charge in [-0.2, -0.15) is 0 Å². The van der Waals surface area contributed by atoms with Gasteiger partial charge in [0.25, 0.3) is 0 Å². The van der Waals surface area contributed by atoms with E-state index in [-0.39, 0.29) is 5.69 Å². The minimum atomic E-state index is -1.07. The Kier molecular flexibility index (Phi) is 3.57. The lowest BCUT2D eigenvalue weighted by Crippen LogP contribution is -2.05. The highest BCUT2D eigenvalue weighted by molar-refractivity contribution is 7.12. The lowest BCUT2D eigenvalue weighted by atomic mass is 10.3. The van der Waals surface area contributed by atoms with Gasteiger partial charge in [-0.25, -0.2) is 4.79 Å². The molecule has 2 heterocycles. The number of carboxylic acids is 1. The smallest absolute Gasteiger partial charge is 0.356 e. The number of nitrogens with zero attached hydrogens (tertiary/aromatic N) is 2. The third-order valence-electron chi connectivity index (χ3n) is 2.54. The number of carboxylic acid groups (broad SMARTS) is 1. The highest BCUT2D eigenvalue weighted by Gasteiger charge is 2.05. The van der Waals surface area contributed by atoms with Crippen molar-refractivity contribution in [2.75, 3.05) is 5.32 Å². The molecule has 2 N–H and O–H groups in total. The van der Waals surface area contributed by atoms with Crippen LogP contribution in [-0.4, -0.2) is 21.3 Å². The first kappa shape index (κ1) is 12.5. The number of rotatable bonds is 4. The van der Waals surface area contributed by atoms with Gasteiger partial charge in [-0.1, -0.05) is 0 Å². The molecule has 0 fully saturated rings. The monoisotopic (exact) mass is 263 g/mol. The number of hydrogen-bond acceptors (Lipinski definition) is 5. The van der Waals surface area contributed by atoms with E-state index in [0.29, 0.717) is 12.4 Å². The van der Waals surface area contributed by atoms with Gasteiger partial charge in [0.15, 0.2) is 5.69 Å².